The van der Waals surface area contributed by atoms with Crippen LogP contribution < -0.4 is 15.0 Å². The topological polar surface area (TPSA) is 61.9 Å². The van der Waals surface area contributed by atoms with Crippen molar-refractivity contribution >= 4 is 23.1 Å². The number of carbonyl (C=O) groups is 2. The number of rotatable bonds is 10. The summed E-state index contributed by atoms with van der Waals surface area (Å²) in [6.07, 6.45) is 3.30. The Morgan fingerprint density at radius 2 is 1.68 bits per heavy atom. The van der Waals surface area contributed by atoms with Crippen LogP contribution in [0.25, 0.3) is 0 Å². The van der Waals surface area contributed by atoms with Crippen molar-refractivity contribution in [3.63, 3.8) is 0 Å². The Hall–Kier alpha value is -3.64. The third-order valence-electron chi connectivity index (χ3n) is 7.04. The van der Waals surface area contributed by atoms with Crippen molar-refractivity contribution in [2.24, 2.45) is 0 Å². The monoisotopic (exact) mass is 499 g/mol. The van der Waals surface area contributed by atoms with Gasteiger partial charge in [0.1, 0.15) is 5.75 Å². The van der Waals surface area contributed by atoms with E-state index in [1.807, 2.05) is 54.6 Å². The van der Waals surface area contributed by atoms with Crippen molar-refractivity contribution < 1.29 is 14.3 Å². The molecule has 3 aromatic carbocycles. The Balaban J connectivity index is 1.36. The fraction of sp³-hybridized carbons (Fsp3) is 0.355. The summed E-state index contributed by atoms with van der Waals surface area (Å²) < 4.78 is 5.53. The summed E-state index contributed by atoms with van der Waals surface area (Å²) in [5.74, 6) is -0.234. The van der Waals surface area contributed by atoms with Gasteiger partial charge >= 0.3 is 0 Å². The van der Waals surface area contributed by atoms with Crippen LogP contribution in [-0.4, -0.2) is 49.9 Å². The zero-order chi connectivity index (χ0) is 26.2. The minimum absolute atomic E-state index is 0.422. The number of aryl methyl sites for hydroxylation is 2. The maximum absolute atomic E-state index is 12.9. The number of para-hydroxylation sites is 2. The molecule has 0 bridgehead atoms. The van der Waals surface area contributed by atoms with E-state index in [4.69, 9.17) is 4.74 Å². The van der Waals surface area contributed by atoms with Crippen molar-refractivity contribution in [1.82, 2.24) is 4.90 Å². The minimum Gasteiger partial charge on any atom is -0.495 e. The number of nitrogens with zero attached hydrogens (tertiary/aromatic N) is 2. The number of nitrogens with one attached hydrogen (secondary N) is 1. The molecular formula is C31H37N3O3. The highest BCUT2D eigenvalue weighted by atomic mass is 16.5. The lowest BCUT2D eigenvalue weighted by Crippen LogP contribution is -2.46. The highest BCUT2D eigenvalue weighted by Gasteiger charge is 2.22. The van der Waals surface area contributed by atoms with E-state index < -0.39 is 11.7 Å². The second kappa shape index (κ2) is 12.5. The lowest BCUT2D eigenvalue weighted by atomic mass is 10.0. The Morgan fingerprint density at radius 3 is 2.38 bits per heavy atom. The zero-order valence-electron chi connectivity index (χ0n) is 22.1. The number of ketones is 1. The van der Waals surface area contributed by atoms with E-state index in [0.29, 0.717) is 11.3 Å². The third-order valence-corrected chi connectivity index (χ3v) is 7.04. The normalized spacial score (nSPS) is 13.9. The number of hydrogen-bond donors (Lipinski definition) is 1. The summed E-state index contributed by atoms with van der Waals surface area (Å²) >= 11 is 0. The van der Waals surface area contributed by atoms with Crippen LogP contribution in [-0.2, 0) is 17.8 Å². The van der Waals surface area contributed by atoms with E-state index in [1.165, 1.54) is 5.56 Å². The number of ether oxygens (including phenoxy) is 1. The van der Waals surface area contributed by atoms with Gasteiger partial charge in [0, 0.05) is 44.0 Å². The van der Waals surface area contributed by atoms with Crippen LogP contribution >= 0.6 is 0 Å². The summed E-state index contributed by atoms with van der Waals surface area (Å²) in [5, 5.41) is 2.75. The first-order chi connectivity index (χ1) is 18.0. The van der Waals surface area contributed by atoms with Crippen LogP contribution in [0.1, 0.15) is 46.8 Å². The van der Waals surface area contributed by atoms with Gasteiger partial charge in [0.25, 0.3) is 11.7 Å². The third kappa shape index (κ3) is 6.77. The van der Waals surface area contributed by atoms with Crippen molar-refractivity contribution in [2.45, 2.75) is 39.7 Å². The molecule has 1 fully saturated rings. The number of carbonyl (C=O) groups excluding carboxylic acids is 2. The molecule has 194 valence electrons. The van der Waals surface area contributed by atoms with Gasteiger partial charge in [-0.2, -0.15) is 0 Å². The molecule has 0 aliphatic carbocycles. The second-order valence-corrected chi connectivity index (χ2v) is 9.66. The summed E-state index contributed by atoms with van der Waals surface area (Å²) in [6.45, 7) is 8.58. The predicted molar refractivity (Wildman–Crippen MR) is 150 cm³/mol. The maximum atomic E-state index is 12.9. The molecule has 3 aromatic rings. The van der Waals surface area contributed by atoms with E-state index in [0.717, 1.165) is 74.6 Å². The molecule has 6 nitrogen and oxygen atoms in total. The molecule has 1 heterocycles. The van der Waals surface area contributed by atoms with E-state index in [9.17, 15) is 9.59 Å². The van der Waals surface area contributed by atoms with E-state index in [1.54, 1.807) is 13.2 Å². The molecule has 1 aliphatic heterocycles. The van der Waals surface area contributed by atoms with E-state index >= 15 is 0 Å². The van der Waals surface area contributed by atoms with Gasteiger partial charge in [-0.1, -0.05) is 49.7 Å². The molecular weight excluding hydrogens is 462 g/mol. The van der Waals surface area contributed by atoms with Gasteiger partial charge in [0.05, 0.1) is 12.8 Å². The highest BCUT2D eigenvalue weighted by molar-refractivity contribution is 6.46. The quantitative estimate of drug-likeness (QED) is 0.295. The van der Waals surface area contributed by atoms with Crippen LogP contribution in [0.5, 0.6) is 5.75 Å². The molecule has 1 saturated heterocycles. The lowest BCUT2D eigenvalue weighted by molar-refractivity contribution is -0.112. The first kappa shape index (κ1) is 26.4. The Kier molecular flexibility index (Phi) is 8.96. The minimum atomic E-state index is -0.610. The van der Waals surface area contributed by atoms with Crippen LogP contribution in [0.3, 0.4) is 0 Å². The summed E-state index contributed by atoms with van der Waals surface area (Å²) in [6, 6.07) is 21.4. The number of amides is 1. The summed E-state index contributed by atoms with van der Waals surface area (Å²) in [4.78, 5) is 30.4. The van der Waals surface area contributed by atoms with Crippen LogP contribution in [0, 0.1) is 6.92 Å². The van der Waals surface area contributed by atoms with Crippen LogP contribution in [0.4, 0.5) is 11.4 Å². The molecule has 0 unspecified atom stereocenters. The first-order valence-electron chi connectivity index (χ1n) is 13.1. The lowest BCUT2D eigenvalue weighted by Gasteiger charge is -2.36. The molecule has 0 aromatic heterocycles. The number of benzene rings is 3. The average molecular weight is 500 g/mol. The number of methoxy groups -OCH3 is 1. The first-order valence-corrected chi connectivity index (χ1v) is 13.1. The van der Waals surface area contributed by atoms with Gasteiger partial charge in [0.15, 0.2) is 0 Å². The van der Waals surface area contributed by atoms with Gasteiger partial charge in [-0.3, -0.25) is 14.5 Å². The number of unbranched alkanes of at least 4 members (excludes halogenated alkanes) is 1. The second-order valence-electron chi connectivity index (χ2n) is 9.66. The number of piperazine rings is 1. The van der Waals surface area contributed by atoms with E-state index in [-0.39, 0.29) is 0 Å². The maximum Gasteiger partial charge on any atom is 0.296 e. The predicted octanol–water partition coefficient (Wildman–Crippen LogP) is 5.49. The van der Waals surface area contributed by atoms with Gasteiger partial charge in [-0.25, -0.2) is 0 Å². The van der Waals surface area contributed by atoms with Crippen molar-refractivity contribution in [3.8, 4) is 5.75 Å². The van der Waals surface area contributed by atoms with Crippen LogP contribution in [0.15, 0.2) is 66.7 Å². The molecule has 6 heteroatoms. The standard InChI is InChI=1S/C31H37N3O3/c1-4-5-8-24-12-15-27(16-13-24)32-31(36)30(35)25-14-11-23(2)26(21-25)22-33-17-19-34(20-18-33)28-9-6-7-10-29(28)37-3/h6-7,9-16,21H,4-5,8,17-20,22H2,1-3H3,(H,32,36). The molecule has 1 aliphatic rings. The van der Waals surface area contributed by atoms with Gasteiger partial charge in [0.2, 0.25) is 0 Å². The molecule has 37 heavy (non-hydrogen) atoms. The Labute approximate surface area is 220 Å². The summed E-state index contributed by atoms with van der Waals surface area (Å²) in [7, 11) is 1.70. The Bertz CT molecular complexity index is 1210. The molecule has 1 N–H and O–H groups in total. The van der Waals surface area contributed by atoms with Gasteiger partial charge in [-0.05, 0) is 66.8 Å². The molecule has 0 spiro atoms. The molecule has 1 amide bonds. The van der Waals surface area contributed by atoms with Crippen LogP contribution in [0.2, 0.25) is 0 Å². The van der Waals surface area contributed by atoms with E-state index in [2.05, 4.69) is 35.0 Å². The fourth-order valence-corrected chi connectivity index (χ4v) is 4.72. The Morgan fingerprint density at radius 1 is 0.946 bits per heavy atom. The largest absolute Gasteiger partial charge is 0.495 e. The van der Waals surface area contributed by atoms with Crippen molar-refractivity contribution in [1.29, 1.82) is 0 Å². The SMILES string of the molecule is CCCCc1ccc(NC(=O)C(=O)c2ccc(C)c(CN3CCN(c4ccccc4OC)CC3)c2)cc1. The van der Waals surface area contributed by atoms with Gasteiger partial charge < -0.3 is 15.0 Å². The molecule has 0 saturated carbocycles. The average Bonchev–Trinajstić information content (AvgIpc) is 2.94. The van der Waals surface area contributed by atoms with Crippen molar-refractivity contribution in [2.75, 3.05) is 43.5 Å². The smallest absolute Gasteiger partial charge is 0.296 e. The van der Waals surface area contributed by atoms with Crippen molar-refractivity contribution in [3.05, 3.63) is 89.0 Å². The number of hydrogen-bond acceptors (Lipinski definition) is 5. The number of anilines is 2. The highest BCUT2D eigenvalue weighted by Crippen LogP contribution is 2.28. The summed E-state index contributed by atoms with van der Waals surface area (Å²) in [5.41, 5.74) is 5.61. The fourth-order valence-electron chi connectivity index (χ4n) is 4.72. The molecule has 0 radical (unpaired) electrons. The molecule has 0 atom stereocenters. The number of Topliss-reactive ketones (excluding diaryl/α,β-unsaturated/α-hetero) is 1. The zero-order valence-corrected chi connectivity index (χ0v) is 22.1. The van der Waals surface area contributed by atoms with Gasteiger partial charge in [-0.15, -0.1) is 0 Å². The molecule has 4 rings (SSSR count).